The molecule has 0 heterocycles. The Hall–Kier alpha value is -1.38. The Morgan fingerprint density at radius 3 is 2.53 bits per heavy atom. The highest BCUT2D eigenvalue weighted by molar-refractivity contribution is 6.33. The summed E-state index contributed by atoms with van der Waals surface area (Å²) in [6.07, 6.45) is 0. The van der Waals surface area contributed by atoms with Gasteiger partial charge in [-0.1, -0.05) is 23.2 Å². The molecule has 0 unspecified atom stereocenters. The number of rotatable bonds is 3. The van der Waals surface area contributed by atoms with Crippen molar-refractivity contribution in [2.45, 2.75) is 20.5 Å². The van der Waals surface area contributed by atoms with E-state index < -0.39 is 0 Å². The largest absolute Gasteiger partial charge is 0.489 e. The van der Waals surface area contributed by atoms with E-state index in [1.165, 1.54) is 0 Å². The van der Waals surface area contributed by atoms with Crippen LogP contribution in [0.1, 0.15) is 16.7 Å². The van der Waals surface area contributed by atoms with Crippen LogP contribution < -0.4 is 10.5 Å². The minimum absolute atomic E-state index is 0.379. The summed E-state index contributed by atoms with van der Waals surface area (Å²) < 4.78 is 5.80. The van der Waals surface area contributed by atoms with Crippen molar-refractivity contribution >= 4 is 28.9 Å². The van der Waals surface area contributed by atoms with Gasteiger partial charge in [0.25, 0.3) is 0 Å². The normalized spacial score (nSPS) is 10.5. The summed E-state index contributed by atoms with van der Waals surface area (Å²) in [5.41, 5.74) is 9.48. The van der Waals surface area contributed by atoms with Crippen molar-refractivity contribution in [3.05, 3.63) is 57.1 Å². The number of aryl methyl sites for hydroxylation is 2. The first-order chi connectivity index (χ1) is 8.97. The summed E-state index contributed by atoms with van der Waals surface area (Å²) >= 11 is 12.0. The van der Waals surface area contributed by atoms with Crippen LogP contribution in [0.25, 0.3) is 0 Å². The van der Waals surface area contributed by atoms with E-state index in [2.05, 4.69) is 0 Å². The fourth-order valence-corrected chi connectivity index (χ4v) is 2.14. The van der Waals surface area contributed by atoms with Gasteiger partial charge in [0, 0.05) is 21.3 Å². The van der Waals surface area contributed by atoms with Crippen molar-refractivity contribution in [3.8, 4) is 5.75 Å². The van der Waals surface area contributed by atoms with Crippen LogP contribution in [-0.4, -0.2) is 0 Å². The van der Waals surface area contributed by atoms with Gasteiger partial charge in [0.2, 0.25) is 0 Å². The molecule has 2 rings (SSSR count). The topological polar surface area (TPSA) is 35.2 Å². The second kappa shape index (κ2) is 5.72. The average Bonchev–Trinajstić information content (AvgIpc) is 2.36. The van der Waals surface area contributed by atoms with Crippen LogP contribution in [0.5, 0.6) is 5.75 Å². The smallest absolute Gasteiger partial charge is 0.123 e. The minimum Gasteiger partial charge on any atom is -0.489 e. The number of nitrogens with two attached hydrogens (primary N) is 1. The molecule has 0 aromatic heterocycles. The molecule has 0 aliphatic rings. The number of hydrogen-bond acceptors (Lipinski definition) is 2. The molecular weight excluding hydrogens is 281 g/mol. The fraction of sp³-hybridized carbons (Fsp3) is 0.200. The third-order valence-corrected chi connectivity index (χ3v) is 3.56. The van der Waals surface area contributed by atoms with Crippen LogP contribution in [0.2, 0.25) is 10.0 Å². The maximum atomic E-state index is 6.10. The molecule has 0 atom stereocenters. The molecule has 2 aromatic rings. The lowest BCUT2D eigenvalue weighted by molar-refractivity contribution is 0.304. The second-order valence-corrected chi connectivity index (χ2v) is 5.34. The zero-order valence-electron chi connectivity index (χ0n) is 10.8. The molecule has 0 radical (unpaired) electrons. The van der Waals surface area contributed by atoms with E-state index in [9.17, 15) is 0 Å². The van der Waals surface area contributed by atoms with Crippen LogP contribution in [0.15, 0.2) is 30.3 Å². The molecule has 0 bridgehead atoms. The highest BCUT2D eigenvalue weighted by Crippen LogP contribution is 2.27. The number of benzene rings is 2. The molecule has 0 spiro atoms. The monoisotopic (exact) mass is 295 g/mol. The van der Waals surface area contributed by atoms with E-state index in [1.54, 1.807) is 12.1 Å². The van der Waals surface area contributed by atoms with E-state index in [0.29, 0.717) is 16.7 Å². The third-order valence-electron chi connectivity index (χ3n) is 2.95. The van der Waals surface area contributed by atoms with Gasteiger partial charge in [0.1, 0.15) is 12.4 Å². The van der Waals surface area contributed by atoms with Crippen molar-refractivity contribution in [2.24, 2.45) is 0 Å². The summed E-state index contributed by atoms with van der Waals surface area (Å²) in [5.74, 6) is 0.808. The summed E-state index contributed by atoms with van der Waals surface area (Å²) in [5, 5.41) is 1.29. The number of anilines is 1. The molecular formula is C15H15Cl2NO. The molecule has 0 aliphatic carbocycles. The van der Waals surface area contributed by atoms with Crippen molar-refractivity contribution in [2.75, 3.05) is 5.73 Å². The van der Waals surface area contributed by atoms with E-state index >= 15 is 0 Å². The Labute approximate surface area is 123 Å². The first-order valence-corrected chi connectivity index (χ1v) is 6.66. The predicted octanol–water partition coefficient (Wildman–Crippen LogP) is 4.77. The molecule has 2 N–H and O–H groups in total. The Morgan fingerprint density at radius 1 is 1.05 bits per heavy atom. The number of hydrogen-bond donors (Lipinski definition) is 1. The van der Waals surface area contributed by atoms with E-state index in [1.807, 2.05) is 32.0 Å². The Balaban J connectivity index is 2.19. The number of nitrogen functional groups attached to an aromatic ring is 1. The maximum Gasteiger partial charge on any atom is 0.123 e. The highest BCUT2D eigenvalue weighted by atomic mass is 35.5. The summed E-state index contributed by atoms with van der Waals surface area (Å²) in [4.78, 5) is 0. The van der Waals surface area contributed by atoms with Gasteiger partial charge in [-0.05, 0) is 55.3 Å². The molecule has 2 nitrogen and oxygen atoms in total. The quantitative estimate of drug-likeness (QED) is 0.828. The predicted molar refractivity (Wildman–Crippen MR) is 81.1 cm³/mol. The lowest BCUT2D eigenvalue weighted by Crippen LogP contribution is -2.00. The van der Waals surface area contributed by atoms with E-state index in [-0.39, 0.29) is 0 Å². The van der Waals surface area contributed by atoms with Crippen molar-refractivity contribution in [1.29, 1.82) is 0 Å². The summed E-state index contributed by atoms with van der Waals surface area (Å²) in [6.45, 7) is 4.29. The first-order valence-electron chi connectivity index (χ1n) is 5.91. The number of ether oxygens (including phenoxy) is 1. The molecule has 100 valence electrons. The van der Waals surface area contributed by atoms with Crippen LogP contribution in [0.4, 0.5) is 5.69 Å². The molecule has 2 aromatic carbocycles. The van der Waals surface area contributed by atoms with Crippen LogP contribution in [0, 0.1) is 13.8 Å². The van der Waals surface area contributed by atoms with Crippen molar-refractivity contribution in [1.82, 2.24) is 0 Å². The van der Waals surface area contributed by atoms with Gasteiger partial charge < -0.3 is 10.5 Å². The minimum atomic E-state index is 0.379. The average molecular weight is 296 g/mol. The molecule has 0 saturated heterocycles. The SMILES string of the molecule is Cc1cc(OCc2cc(Cl)ccc2Cl)c(C)cc1N. The third kappa shape index (κ3) is 3.34. The van der Waals surface area contributed by atoms with Gasteiger partial charge >= 0.3 is 0 Å². The van der Waals surface area contributed by atoms with Crippen LogP contribution >= 0.6 is 23.2 Å². The zero-order chi connectivity index (χ0) is 14.0. The summed E-state index contributed by atoms with van der Waals surface area (Å²) in [6, 6.07) is 9.17. The molecule has 0 fully saturated rings. The van der Waals surface area contributed by atoms with Gasteiger partial charge in [-0.25, -0.2) is 0 Å². The molecule has 0 amide bonds. The molecule has 0 aliphatic heterocycles. The number of halogens is 2. The fourth-order valence-electron chi connectivity index (χ4n) is 1.78. The Bertz CT molecular complexity index is 611. The Kier molecular flexibility index (Phi) is 4.23. The van der Waals surface area contributed by atoms with Crippen LogP contribution in [-0.2, 0) is 6.61 Å². The Morgan fingerprint density at radius 2 is 1.79 bits per heavy atom. The highest BCUT2D eigenvalue weighted by Gasteiger charge is 2.06. The first kappa shape index (κ1) is 14.0. The van der Waals surface area contributed by atoms with Gasteiger partial charge in [0.05, 0.1) is 0 Å². The van der Waals surface area contributed by atoms with Gasteiger partial charge in [-0.3, -0.25) is 0 Å². The van der Waals surface area contributed by atoms with Gasteiger partial charge in [-0.15, -0.1) is 0 Å². The van der Waals surface area contributed by atoms with Crippen molar-refractivity contribution in [3.63, 3.8) is 0 Å². The van der Waals surface area contributed by atoms with E-state index in [0.717, 1.165) is 28.1 Å². The van der Waals surface area contributed by atoms with Gasteiger partial charge in [0.15, 0.2) is 0 Å². The molecule has 0 saturated carbocycles. The zero-order valence-corrected chi connectivity index (χ0v) is 12.3. The molecule has 19 heavy (non-hydrogen) atoms. The van der Waals surface area contributed by atoms with E-state index in [4.69, 9.17) is 33.7 Å². The van der Waals surface area contributed by atoms with Crippen molar-refractivity contribution < 1.29 is 4.74 Å². The lowest BCUT2D eigenvalue weighted by atomic mass is 10.1. The second-order valence-electron chi connectivity index (χ2n) is 4.50. The van der Waals surface area contributed by atoms with Crippen LogP contribution in [0.3, 0.4) is 0 Å². The maximum absolute atomic E-state index is 6.10. The standard InChI is InChI=1S/C15H15Cl2NO/c1-9-6-15(10(2)5-14(9)18)19-8-11-7-12(16)3-4-13(11)17/h3-7H,8,18H2,1-2H3. The summed E-state index contributed by atoms with van der Waals surface area (Å²) in [7, 11) is 0. The van der Waals surface area contributed by atoms with Gasteiger partial charge in [-0.2, -0.15) is 0 Å². The lowest BCUT2D eigenvalue weighted by Gasteiger charge is -2.12. The molecule has 4 heteroatoms.